The van der Waals surface area contributed by atoms with E-state index in [4.69, 9.17) is 0 Å². The van der Waals surface area contributed by atoms with Crippen molar-refractivity contribution in [3.63, 3.8) is 0 Å². The fourth-order valence-electron chi connectivity index (χ4n) is 4.71. The van der Waals surface area contributed by atoms with Crippen molar-refractivity contribution in [2.45, 2.75) is 25.7 Å². The van der Waals surface area contributed by atoms with E-state index in [1.165, 1.54) is 0 Å². The van der Waals surface area contributed by atoms with Crippen molar-refractivity contribution in [3.8, 4) is 0 Å². The molecular weight excluding hydrogens is 364 g/mol. The number of amides is 2. The fourth-order valence-corrected chi connectivity index (χ4v) is 4.71. The van der Waals surface area contributed by atoms with Crippen LogP contribution in [-0.4, -0.2) is 78.3 Å². The molecule has 2 aromatic rings. The number of carbonyl (C=O) groups is 2. The van der Waals surface area contributed by atoms with Crippen LogP contribution in [0.1, 0.15) is 36.0 Å². The number of para-hydroxylation sites is 1. The molecule has 0 radical (unpaired) electrons. The number of piperidine rings is 2. The van der Waals surface area contributed by atoms with E-state index in [0.717, 1.165) is 62.9 Å². The highest BCUT2D eigenvalue weighted by Crippen LogP contribution is 2.39. The summed E-state index contributed by atoms with van der Waals surface area (Å²) in [6.45, 7) is 3.90. The Hall–Kier alpha value is -2.47. The van der Waals surface area contributed by atoms with Gasteiger partial charge in [0.25, 0.3) is 5.91 Å². The topological polar surface area (TPSA) is 56.8 Å². The van der Waals surface area contributed by atoms with Crippen LogP contribution in [0.3, 0.4) is 0 Å². The second-order valence-electron chi connectivity index (χ2n) is 8.87. The summed E-state index contributed by atoms with van der Waals surface area (Å²) in [5, 5.41) is 0.989. The summed E-state index contributed by atoms with van der Waals surface area (Å²) in [4.78, 5) is 36.2. The number of fused-ring (bicyclic) bond motifs is 1. The smallest absolute Gasteiger partial charge is 0.255 e. The zero-order valence-electron chi connectivity index (χ0n) is 17.4. The second kappa shape index (κ2) is 8.11. The highest BCUT2D eigenvalue weighted by molar-refractivity contribution is 5.97. The van der Waals surface area contributed by atoms with Crippen LogP contribution in [0.4, 0.5) is 0 Å². The molecule has 0 unspecified atom stereocenters. The largest absolute Gasteiger partial charge is 0.341 e. The molecule has 3 heterocycles. The van der Waals surface area contributed by atoms with Gasteiger partial charge in [0, 0.05) is 56.1 Å². The molecule has 1 aromatic carbocycles. The zero-order valence-corrected chi connectivity index (χ0v) is 17.4. The Morgan fingerprint density at radius 2 is 2.03 bits per heavy atom. The van der Waals surface area contributed by atoms with E-state index in [-0.39, 0.29) is 17.2 Å². The van der Waals surface area contributed by atoms with Crippen molar-refractivity contribution in [1.29, 1.82) is 0 Å². The maximum absolute atomic E-state index is 13.2. The maximum atomic E-state index is 13.2. The normalized spacial score (nSPS) is 22.7. The lowest BCUT2D eigenvalue weighted by Gasteiger charge is -2.48. The van der Waals surface area contributed by atoms with Crippen LogP contribution in [0.25, 0.3) is 10.9 Å². The van der Waals surface area contributed by atoms with E-state index >= 15 is 0 Å². The van der Waals surface area contributed by atoms with E-state index in [1.54, 1.807) is 6.20 Å². The first-order valence-electron chi connectivity index (χ1n) is 10.5. The number of aromatic nitrogens is 1. The van der Waals surface area contributed by atoms with Gasteiger partial charge < -0.3 is 14.7 Å². The molecule has 2 amide bonds. The third-order valence-corrected chi connectivity index (χ3v) is 6.35. The molecule has 4 rings (SSSR count). The van der Waals surface area contributed by atoms with Crippen molar-refractivity contribution >= 4 is 22.7 Å². The fraction of sp³-hybridized carbons (Fsp3) is 0.522. The van der Waals surface area contributed by atoms with Crippen LogP contribution < -0.4 is 0 Å². The van der Waals surface area contributed by atoms with Gasteiger partial charge in [-0.15, -0.1) is 0 Å². The lowest BCUT2D eigenvalue weighted by Crippen LogP contribution is -2.55. The van der Waals surface area contributed by atoms with E-state index in [2.05, 4.69) is 9.88 Å². The number of likely N-dealkylation sites (tertiary alicyclic amines) is 2. The number of rotatable bonds is 4. The van der Waals surface area contributed by atoms with Gasteiger partial charge in [-0.2, -0.15) is 0 Å². The number of hydrogen-bond acceptors (Lipinski definition) is 4. The Kier molecular flexibility index (Phi) is 5.54. The van der Waals surface area contributed by atoms with Gasteiger partial charge in [0.1, 0.15) is 0 Å². The number of likely N-dealkylation sites (N-methyl/N-ethyl adjacent to an activating group) is 1. The van der Waals surface area contributed by atoms with Crippen molar-refractivity contribution in [2.24, 2.45) is 5.41 Å². The Bertz CT molecular complexity index is 913. The van der Waals surface area contributed by atoms with Gasteiger partial charge in [-0.3, -0.25) is 14.6 Å². The summed E-state index contributed by atoms with van der Waals surface area (Å²) < 4.78 is 0. The van der Waals surface area contributed by atoms with Crippen LogP contribution in [0.15, 0.2) is 36.5 Å². The number of benzene rings is 1. The summed E-state index contributed by atoms with van der Waals surface area (Å²) in [6.07, 6.45) is 5.23. The first kappa shape index (κ1) is 19.8. The molecule has 154 valence electrons. The van der Waals surface area contributed by atoms with Gasteiger partial charge >= 0.3 is 0 Å². The second-order valence-corrected chi connectivity index (χ2v) is 8.87. The number of hydrogen-bond donors (Lipinski definition) is 0. The molecule has 1 aromatic heterocycles. The van der Waals surface area contributed by atoms with Crippen molar-refractivity contribution in [2.75, 3.05) is 46.8 Å². The summed E-state index contributed by atoms with van der Waals surface area (Å²) in [5.74, 6) is 0.304. The average molecular weight is 395 g/mol. The number of nitrogens with zero attached hydrogens (tertiary/aromatic N) is 4. The van der Waals surface area contributed by atoms with Gasteiger partial charge in [0.15, 0.2) is 0 Å². The molecule has 1 atom stereocenters. The highest BCUT2D eigenvalue weighted by Gasteiger charge is 2.42. The third kappa shape index (κ3) is 4.27. The van der Waals surface area contributed by atoms with Crippen LogP contribution in [-0.2, 0) is 4.79 Å². The zero-order chi connectivity index (χ0) is 20.4. The molecule has 2 aliphatic rings. The minimum atomic E-state index is 0.0262. The number of carbonyl (C=O) groups excluding carboxylic acids is 2. The predicted molar refractivity (Wildman–Crippen MR) is 114 cm³/mol. The first-order valence-corrected chi connectivity index (χ1v) is 10.5. The quantitative estimate of drug-likeness (QED) is 0.800. The SMILES string of the molecule is CN(C)CCN1C[C@]2(CCCN(C(=O)c3cnc4ccccc4c3)C2)CCC1=O. The lowest BCUT2D eigenvalue weighted by molar-refractivity contribution is -0.139. The molecule has 1 spiro atoms. The summed E-state index contributed by atoms with van der Waals surface area (Å²) in [5.41, 5.74) is 1.58. The van der Waals surface area contributed by atoms with Gasteiger partial charge in [-0.1, -0.05) is 18.2 Å². The number of pyridine rings is 1. The molecule has 2 saturated heterocycles. The average Bonchev–Trinajstić information content (AvgIpc) is 2.74. The molecule has 0 aliphatic carbocycles. The molecule has 0 N–H and O–H groups in total. The summed E-state index contributed by atoms with van der Waals surface area (Å²) in [7, 11) is 4.06. The molecular formula is C23H30N4O2. The molecule has 2 fully saturated rings. The highest BCUT2D eigenvalue weighted by atomic mass is 16.2. The Morgan fingerprint density at radius 3 is 2.86 bits per heavy atom. The molecule has 6 heteroatoms. The maximum Gasteiger partial charge on any atom is 0.255 e. The van der Waals surface area contributed by atoms with Crippen molar-refractivity contribution in [1.82, 2.24) is 19.7 Å². The molecule has 6 nitrogen and oxygen atoms in total. The van der Waals surface area contributed by atoms with Gasteiger partial charge in [-0.25, -0.2) is 0 Å². The van der Waals surface area contributed by atoms with E-state index in [9.17, 15) is 9.59 Å². The predicted octanol–water partition coefficient (Wildman–Crippen LogP) is 2.64. The third-order valence-electron chi connectivity index (χ3n) is 6.35. The van der Waals surface area contributed by atoms with Crippen LogP contribution in [0, 0.1) is 5.41 Å². The minimum Gasteiger partial charge on any atom is -0.341 e. The standard InChI is InChI=1S/C23H30N4O2/c1-25(2)12-13-26-16-23(10-8-21(26)28)9-5-11-27(17-23)22(29)19-14-18-6-3-4-7-20(18)24-15-19/h3-4,6-7,14-15H,5,8-13,16-17H2,1-2H3/t23-/m0/s1. The van der Waals surface area contributed by atoms with Crippen LogP contribution in [0.2, 0.25) is 0 Å². The van der Waals surface area contributed by atoms with Crippen molar-refractivity contribution in [3.05, 3.63) is 42.1 Å². The van der Waals surface area contributed by atoms with Gasteiger partial charge in [-0.05, 0) is 45.5 Å². The lowest BCUT2D eigenvalue weighted by atomic mass is 9.73. The first-order chi connectivity index (χ1) is 14.0. The Labute approximate surface area is 172 Å². The monoisotopic (exact) mass is 394 g/mol. The van der Waals surface area contributed by atoms with Crippen LogP contribution in [0.5, 0.6) is 0 Å². The van der Waals surface area contributed by atoms with Gasteiger partial charge in [0.2, 0.25) is 5.91 Å². The minimum absolute atomic E-state index is 0.0262. The molecule has 0 saturated carbocycles. The van der Waals surface area contributed by atoms with Gasteiger partial charge in [0.05, 0.1) is 11.1 Å². The summed E-state index contributed by atoms with van der Waals surface area (Å²) in [6, 6.07) is 9.82. The summed E-state index contributed by atoms with van der Waals surface area (Å²) >= 11 is 0. The van der Waals surface area contributed by atoms with Crippen molar-refractivity contribution < 1.29 is 9.59 Å². The Morgan fingerprint density at radius 1 is 1.21 bits per heavy atom. The van der Waals surface area contributed by atoms with E-state index in [1.807, 2.05) is 54.2 Å². The Balaban J connectivity index is 1.49. The van der Waals surface area contributed by atoms with Crippen LogP contribution >= 0.6 is 0 Å². The molecule has 0 bridgehead atoms. The molecule has 2 aliphatic heterocycles. The molecule has 29 heavy (non-hydrogen) atoms. The van der Waals surface area contributed by atoms with E-state index < -0.39 is 0 Å². The van der Waals surface area contributed by atoms with E-state index in [0.29, 0.717) is 12.0 Å².